The molecule has 0 bridgehead atoms. The molecule has 1 unspecified atom stereocenters. The van der Waals surface area contributed by atoms with Crippen molar-refractivity contribution in [3.05, 3.63) is 0 Å². The monoisotopic (exact) mass is 115 g/mol. The molecule has 48 valence electrons. The zero-order chi connectivity index (χ0) is 5.98. The van der Waals surface area contributed by atoms with E-state index < -0.39 is 0 Å². The van der Waals surface area contributed by atoms with Crippen LogP contribution < -0.4 is 10.9 Å². The lowest BCUT2D eigenvalue weighted by Gasteiger charge is -2.07. The highest BCUT2D eigenvalue weighted by Gasteiger charge is 2.14. The third-order valence-corrected chi connectivity index (χ3v) is 1.44. The van der Waals surface area contributed by atoms with Crippen molar-refractivity contribution in [2.24, 2.45) is 0 Å². The minimum Gasteiger partial charge on any atom is -0.240 e. The summed E-state index contributed by atoms with van der Waals surface area (Å²) in [6.07, 6.45) is 1.19. The summed E-state index contributed by atoms with van der Waals surface area (Å²) in [7, 11) is 1.98. The van der Waals surface area contributed by atoms with E-state index in [2.05, 4.69) is 17.8 Å². The van der Waals surface area contributed by atoms with Crippen LogP contribution in [0.4, 0.5) is 0 Å². The van der Waals surface area contributed by atoms with Gasteiger partial charge in [-0.1, -0.05) is 6.92 Å². The van der Waals surface area contributed by atoms with Crippen LogP contribution in [-0.4, -0.2) is 24.8 Å². The number of rotatable bonds is 1. The Kier molecular flexibility index (Phi) is 1.83. The van der Waals surface area contributed by atoms with Crippen LogP contribution in [0.3, 0.4) is 0 Å². The molecule has 1 rings (SSSR count). The number of hydrogen-bond acceptors (Lipinski definition) is 3. The van der Waals surface area contributed by atoms with Crippen molar-refractivity contribution in [2.45, 2.75) is 19.4 Å². The first-order valence-corrected chi connectivity index (χ1v) is 3.06. The van der Waals surface area contributed by atoms with Crippen LogP contribution in [0, 0.1) is 0 Å². The minimum absolute atomic E-state index is 0.639. The second-order valence-electron chi connectivity index (χ2n) is 2.16. The van der Waals surface area contributed by atoms with Crippen LogP contribution in [0.2, 0.25) is 0 Å². The largest absolute Gasteiger partial charge is 0.240 e. The molecule has 0 saturated carbocycles. The van der Waals surface area contributed by atoms with Crippen molar-refractivity contribution in [1.82, 2.24) is 16.0 Å². The standard InChI is InChI=1S/C5H13N3/c1-3-5-4-6-8(2)7-5/h5-7H,3-4H2,1-2H3. The molecule has 1 fully saturated rings. The Morgan fingerprint density at radius 3 is 2.75 bits per heavy atom. The second-order valence-corrected chi connectivity index (χ2v) is 2.16. The Hall–Kier alpha value is -0.120. The Labute approximate surface area is 50.0 Å². The summed E-state index contributed by atoms with van der Waals surface area (Å²) in [5.74, 6) is 0. The summed E-state index contributed by atoms with van der Waals surface area (Å²) in [4.78, 5) is 0. The highest BCUT2D eigenvalue weighted by molar-refractivity contribution is 4.68. The fraction of sp³-hybridized carbons (Fsp3) is 1.00. The Bertz CT molecular complexity index is 74.1. The molecular weight excluding hydrogens is 102 g/mol. The van der Waals surface area contributed by atoms with Gasteiger partial charge >= 0.3 is 0 Å². The third-order valence-electron chi connectivity index (χ3n) is 1.44. The minimum atomic E-state index is 0.639. The lowest BCUT2D eigenvalue weighted by Crippen LogP contribution is -2.35. The Morgan fingerprint density at radius 1 is 1.75 bits per heavy atom. The average molecular weight is 115 g/mol. The van der Waals surface area contributed by atoms with Gasteiger partial charge in [0.2, 0.25) is 0 Å². The van der Waals surface area contributed by atoms with Gasteiger partial charge in [0, 0.05) is 19.6 Å². The van der Waals surface area contributed by atoms with E-state index in [4.69, 9.17) is 0 Å². The van der Waals surface area contributed by atoms with E-state index in [1.165, 1.54) is 6.42 Å². The summed E-state index contributed by atoms with van der Waals surface area (Å²) in [5.41, 5.74) is 6.37. The van der Waals surface area contributed by atoms with E-state index >= 15 is 0 Å². The molecular formula is C5H13N3. The Morgan fingerprint density at radius 2 is 2.50 bits per heavy atom. The summed E-state index contributed by atoms with van der Waals surface area (Å²) in [6.45, 7) is 3.24. The van der Waals surface area contributed by atoms with E-state index in [1.54, 1.807) is 0 Å². The first kappa shape index (κ1) is 6.01. The summed E-state index contributed by atoms with van der Waals surface area (Å²) < 4.78 is 0. The fourth-order valence-electron chi connectivity index (χ4n) is 0.848. The first-order valence-electron chi connectivity index (χ1n) is 3.06. The SMILES string of the molecule is CCC1CNN(C)N1. The average Bonchev–Trinajstić information content (AvgIpc) is 2.14. The molecule has 0 aromatic heterocycles. The van der Waals surface area contributed by atoms with Crippen LogP contribution in [0.15, 0.2) is 0 Å². The van der Waals surface area contributed by atoms with Gasteiger partial charge in [-0.2, -0.15) is 5.12 Å². The number of hydrazine groups is 2. The van der Waals surface area contributed by atoms with Crippen LogP contribution in [-0.2, 0) is 0 Å². The van der Waals surface area contributed by atoms with E-state index in [0.717, 1.165) is 6.54 Å². The maximum absolute atomic E-state index is 3.23. The summed E-state index contributed by atoms with van der Waals surface area (Å²) in [5, 5.41) is 1.91. The van der Waals surface area contributed by atoms with Crippen LogP contribution in [0.1, 0.15) is 13.3 Å². The summed E-state index contributed by atoms with van der Waals surface area (Å²) >= 11 is 0. The molecule has 1 aliphatic heterocycles. The maximum atomic E-state index is 3.23. The van der Waals surface area contributed by atoms with Gasteiger partial charge in [-0.15, -0.1) is 0 Å². The summed E-state index contributed by atoms with van der Waals surface area (Å²) in [6, 6.07) is 0.639. The van der Waals surface area contributed by atoms with Gasteiger partial charge in [0.15, 0.2) is 0 Å². The first-order chi connectivity index (χ1) is 3.83. The molecule has 1 atom stereocenters. The number of nitrogens with zero attached hydrogens (tertiary/aromatic N) is 1. The van der Waals surface area contributed by atoms with Crippen molar-refractivity contribution in [1.29, 1.82) is 0 Å². The third kappa shape index (κ3) is 1.18. The van der Waals surface area contributed by atoms with Crippen molar-refractivity contribution in [2.75, 3.05) is 13.6 Å². The van der Waals surface area contributed by atoms with Crippen molar-refractivity contribution < 1.29 is 0 Å². The Balaban J connectivity index is 2.22. The molecule has 2 N–H and O–H groups in total. The van der Waals surface area contributed by atoms with Crippen molar-refractivity contribution in [3.63, 3.8) is 0 Å². The molecule has 1 heterocycles. The van der Waals surface area contributed by atoms with E-state index in [1.807, 2.05) is 12.2 Å². The van der Waals surface area contributed by atoms with Crippen molar-refractivity contribution >= 4 is 0 Å². The van der Waals surface area contributed by atoms with Crippen molar-refractivity contribution in [3.8, 4) is 0 Å². The van der Waals surface area contributed by atoms with Gasteiger partial charge in [0.1, 0.15) is 0 Å². The zero-order valence-corrected chi connectivity index (χ0v) is 5.44. The molecule has 0 radical (unpaired) electrons. The van der Waals surface area contributed by atoms with Gasteiger partial charge < -0.3 is 0 Å². The van der Waals surface area contributed by atoms with Gasteiger partial charge in [-0.3, -0.25) is 0 Å². The van der Waals surface area contributed by atoms with Gasteiger partial charge in [0.25, 0.3) is 0 Å². The molecule has 0 aromatic rings. The van der Waals surface area contributed by atoms with Gasteiger partial charge in [-0.25, -0.2) is 10.9 Å². The topological polar surface area (TPSA) is 27.3 Å². The highest BCUT2D eigenvalue weighted by atomic mass is 15.8. The zero-order valence-electron chi connectivity index (χ0n) is 5.44. The van der Waals surface area contributed by atoms with Crippen LogP contribution in [0.25, 0.3) is 0 Å². The number of hydrogen-bond donors (Lipinski definition) is 2. The molecule has 1 aliphatic rings. The lowest BCUT2D eigenvalue weighted by molar-refractivity contribution is 0.221. The second kappa shape index (κ2) is 2.44. The van der Waals surface area contributed by atoms with Gasteiger partial charge in [0.05, 0.1) is 0 Å². The molecule has 1 saturated heterocycles. The van der Waals surface area contributed by atoms with Crippen LogP contribution in [0.5, 0.6) is 0 Å². The highest BCUT2D eigenvalue weighted by Crippen LogP contribution is 1.94. The molecule has 0 aliphatic carbocycles. The maximum Gasteiger partial charge on any atom is 0.0365 e. The van der Waals surface area contributed by atoms with E-state index in [-0.39, 0.29) is 0 Å². The fourth-order valence-corrected chi connectivity index (χ4v) is 0.848. The van der Waals surface area contributed by atoms with E-state index in [9.17, 15) is 0 Å². The van der Waals surface area contributed by atoms with Gasteiger partial charge in [-0.05, 0) is 6.42 Å². The molecule has 3 nitrogen and oxygen atoms in total. The lowest BCUT2D eigenvalue weighted by atomic mass is 10.2. The van der Waals surface area contributed by atoms with E-state index in [0.29, 0.717) is 6.04 Å². The normalized spacial score (nSPS) is 31.5. The molecule has 3 heteroatoms. The molecule has 0 spiro atoms. The molecule has 8 heavy (non-hydrogen) atoms. The smallest absolute Gasteiger partial charge is 0.0365 e. The quantitative estimate of drug-likeness (QED) is 0.492. The molecule has 0 aromatic carbocycles. The predicted octanol–water partition coefficient (Wildman–Crippen LogP) is -0.280. The molecule has 0 amide bonds. The van der Waals surface area contributed by atoms with Crippen LogP contribution >= 0.6 is 0 Å². The number of nitrogens with one attached hydrogen (secondary N) is 2. The predicted molar refractivity (Wildman–Crippen MR) is 33.0 cm³/mol.